The molecule has 1 N–H and O–H groups in total. The molecule has 0 saturated carbocycles. The zero-order chi connectivity index (χ0) is 15.7. The number of amides is 1. The van der Waals surface area contributed by atoms with E-state index in [1.165, 1.54) is 0 Å². The second kappa shape index (κ2) is 5.88. The minimum Gasteiger partial charge on any atom is -0.343 e. The molecule has 3 aromatic rings. The summed E-state index contributed by atoms with van der Waals surface area (Å²) in [5.74, 6) is -0.238. The Balaban J connectivity index is 1.81. The number of rotatable bonds is 4. The van der Waals surface area contributed by atoms with Crippen LogP contribution < -0.4 is 5.32 Å². The Morgan fingerprint density at radius 3 is 3.09 bits per heavy atom. The molecule has 1 amide bonds. The van der Waals surface area contributed by atoms with Gasteiger partial charge in [-0.2, -0.15) is 10.2 Å². The Bertz CT molecular complexity index is 824. The summed E-state index contributed by atoms with van der Waals surface area (Å²) in [6.07, 6.45) is 5.16. The first kappa shape index (κ1) is 14.7. The topological polar surface area (TPSA) is 77.1 Å². The standard InChI is InChI=1S/C14H15BrN6O/c1-3-20-12(4-5-17-20)9(2)18-14(22)11-6-13-16-7-10(15)8-21(13)19-11/h4-9H,3H2,1-2H3,(H,18,22). The van der Waals surface area contributed by atoms with E-state index in [2.05, 4.69) is 36.4 Å². The van der Waals surface area contributed by atoms with Crippen molar-refractivity contribution in [3.63, 3.8) is 0 Å². The highest BCUT2D eigenvalue weighted by Crippen LogP contribution is 2.14. The van der Waals surface area contributed by atoms with Gasteiger partial charge in [-0.15, -0.1) is 0 Å². The zero-order valence-corrected chi connectivity index (χ0v) is 13.8. The van der Waals surface area contributed by atoms with Crippen molar-refractivity contribution in [1.29, 1.82) is 0 Å². The molecule has 3 heterocycles. The lowest BCUT2D eigenvalue weighted by Gasteiger charge is -2.14. The first-order valence-electron chi connectivity index (χ1n) is 6.92. The van der Waals surface area contributed by atoms with Crippen LogP contribution in [0.3, 0.4) is 0 Å². The van der Waals surface area contributed by atoms with Crippen molar-refractivity contribution in [2.75, 3.05) is 0 Å². The molecular weight excluding hydrogens is 348 g/mol. The predicted octanol–water partition coefficient (Wildman–Crippen LogP) is 2.20. The zero-order valence-electron chi connectivity index (χ0n) is 12.2. The summed E-state index contributed by atoms with van der Waals surface area (Å²) in [7, 11) is 0. The lowest BCUT2D eigenvalue weighted by molar-refractivity contribution is 0.0933. The van der Waals surface area contributed by atoms with Gasteiger partial charge in [0.1, 0.15) is 0 Å². The molecule has 8 heteroatoms. The number of hydrogen-bond donors (Lipinski definition) is 1. The van der Waals surface area contributed by atoms with Crippen LogP contribution in [0.2, 0.25) is 0 Å². The molecule has 0 aliphatic rings. The maximum atomic E-state index is 12.3. The van der Waals surface area contributed by atoms with Gasteiger partial charge in [-0.3, -0.25) is 9.48 Å². The number of halogens is 1. The van der Waals surface area contributed by atoms with Crippen LogP contribution in [0.4, 0.5) is 0 Å². The summed E-state index contributed by atoms with van der Waals surface area (Å²) >= 11 is 3.33. The van der Waals surface area contributed by atoms with E-state index in [4.69, 9.17) is 0 Å². The van der Waals surface area contributed by atoms with Gasteiger partial charge in [-0.1, -0.05) is 0 Å². The van der Waals surface area contributed by atoms with Crippen LogP contribution in [0.15, 0.2) is 35.2 Å². The van der Waals surface area contributed by atoms with Gasteiger partial charge in [-0.05, 0) is 35.8 Å². The van der Waals surface area contributed by atoms with Crippen molar-refractivity contribution < 1.29 is 4.79 Å². The summed E-state index contributed by atoms with van der Waals surface area (Å²) in [6, 6.07) is 3.40. The van der Waals surface area contributed by atoms with Crippen molar-refractivity contribution in [3.05, 3.63) is 46.6 Å². The molecule has 0 bridgehead atoms. The number of hydrogen-bond acceptors (Lipinski definition) is 4. The third kappa shape index (κ3) is 2.74. The molecule has 0 fully saturated rings. The van der Waals surface area contributed by atoms with Gasteiger partial charge >= 0.3 is 0 Å². The van der Waals surface area contributed by atoms with Crippen molar-refractivity contribution in [2.45, 2.75) is 26.4 Å². The van der Waals surface area contributed by atoms with E-state index in [9.17, 15) is 4.79 Å². The third-order valence-electron chi connectivity index (χ3n) is 3.35. The Labute approximate surface area is 135 Å². The summed E-state index contributed by atoms with van der Waals surface area (Å²) in [5, 5.41) is 11.4. The quantitative estimate of drug-likeness (QED) is 0.771. The second-order valence-corrected chi connectivity index (χ2v) is 5.79. The minimum atomic E-state index is -0.238. The maximum absolute atomic E-state index is 12.3. The number of nitrogens with one attached hydrogen (secondary N) is 1. The lowest BCUT2D eigenvalue weighted by atomic mass is 10.2. The van der Waals surface area contributed by atoms with Gasteiger partial charge in [0, 0.05) is 31.2 Å². The van der Waals surface area contributed by atoms with Gasteiger partial charge in [-0.25, -0.2) is 9.50 Å². The molecule has 7 nitrogen and oxygen atoms in total. The van der Waals surface area contributed by atoms with Crippen LogP contribution >= 0.6 is 15.9 Å². The molecular formula is C14H15BrN6O. The first-order chi connectivity index (χ1) is 10.6. The monoisotopic (exact) mass is 362 g/mol. The highest BCUT2D eigenvalue weighted by Gasteiger charge is 2.17. The molecule has 0 spiro atoms. The van der Waals surface area contributed by atoms with E-state index >= 15 is 0 Å². The van der Waals surface area contributed by atoms with Crippen LogP contribution in [0.1, 0.15) is 36.1 Å². The molecule has 114 valence electrons. The van der Waals surface area contributed by atoms with Gasteiger partial charge in [0.15, 0.2) is 11.3 Å². The van der Waals surface area contributed by atoms with E-state index in [1.807, 2.05) is 24.6 Å². The van der Waals surface area contributed by atoms with Crippen LogP contribution in [0, 0.1) is 0 Å². The average Bonchev–Trinajstić information content (AvgIpc) is 3.12. The smallest absolute Gasteiger partial charge is 0.272 e. The average molecular weight is 363 g/mol. The number of carbonyl (C=O) groups excluding carboxylic acids is 1. The van der Waals surface area contributed by atoms with Crippen LogP contribution in [-0.2, 0) is 6.54 Å². The Morgan fingerprint density at radius 2 is 2.32 bits per heavy atom. The molecule has 3 aromatic heterocycles. The van der Waals surface area contributed by atoms with Crippen molar-refractivity contribution in [2.24, 2.45) is 0 Å². The normalized spacial score (nSPS) is 12.5. The van der Waals surface area contributed by atoms with Crippen molar-refractivity contribution in [1.82, 2.24) is 29.7 Å². The van der Waals surface area contributed by atoms with Crippen LogP contribution in [0.25, 0.3) is 5.65 Å². The Morgan fingerprint density at radius 1 is 1.50 bits per heavy atom. The Hall–Kier alpha value is -2.22. The van der Waals surface area contributed by atoms with E-state index in [1.54, 1.807) is 29.2 Å². The predicted molar refractivity (Wildman–Crippen MR) is 84.5 cm³/mol. The van der Waals surface area contributed by atoms with E-state index < -0.39 is 0 Å². The van der Waals surface area contributed by atoms with Gasteiger partial charge < -0.3 is 5.32 Å². The number of aromatic nitrogens is 5. The molecule has 1 atom stereocenters. The fourth-order valence-corrected chi connectivity index (χ4v) is 2.58. The van der Waals surface area contributed by atoms with Crippen molar-refractivity contribution >= 4 is 27.5 Å². The summed E-state index contributed by atoms with van der Waals surface area (Å²) in [5.41, 5.74) is 1.92. The van der Waals surface area contributed by atoms with Gasteiger partial charge in [0.2, 0.25) is 0 Å². The molecule has 0 aliphatic heterocycles. The SMILES string of the molecule is CCn1nccc1C(C)NC(=O)c1cc2ncc(Br)cn2n1. The lowest BCUT2D eigenvalue weighted by Crippen LogP contribution is -2.28. The highest BCUT2D eigenvalue weighted by molar-refractivity contribution is 9.10. The second-order valence-electron chi connectivity index (χ2n) is 4.87. The number of carbonyl (C=O) groups is 1. The van der Waals surface area contributed by atoms with E-state index in [0.29, 0.717) is 11.3 Å². The van der Waals surface area contributed by atoms with E-state index in [-0.39, 0.29) is 11.9 Å². The highest BCUT2D eigenvalue weighted by atomic mass is 79.9. The summed E-state index contributed by atoms with van der Waals surface area (Å²) in [4.78, 5) is 16.5. The molecule has 1 unspecified atom stereocenters. The van der Waals surface area contributed by atoms with E-state index in [0.717, 1.165) is 16.7 Å². The third-order valence-corrected chi connectivity index (χ3v) is 3.76. The fraction of sp³-hybridized carbons (Fsp3) is 0.286. The number of aryl methyl sites for hydroxylation is 1. The fourth-order valence-electron chi connectivity index (χ4n) is 2.28. The van der Waals surface area contributed by atoms with Crippen molar-refractivity contribution in [3.8, 4) is 0 Å². The minimum absolute atomic E-state index is 0.153. The summed E-state index contributed by atoms with van der Waals surface area (Å²) in [6.45, 7) is 4.69. The number of nitrogens with zero attached hydrogens (tertiary/aromatic N) is 5. The molecule has 0 aromatic carbocycles. The largest absolute Gasteiger partial charge is 0.343 e. The number of fused-ring (bicyclic) bond motifs is 1. The molecule has 0 aliphatic carbocycles. The van der Waals surface area contributed by atoms with Gasteiger partial charge in [0.05, 0.1) is 16.2 Å². The molecule has 22 heavy (non-hydrogen) atoms. The maximum Gasteiger partial charge on any atom is 0.272 e. The molecule has 3 rings (SSSR count). The first-order valence-corrected chi connectivity index (χ1v) is 7.71. The molecule has 0 saturated heterocycles. The van der Waals surface area contributed by atoms with Gasteiger partial charge in [0.25, 0.3) is 5.91 Å². The molecule has 0 radical (unpaired) electrons. The van der Waals surface area contributed by atoms with Crippen LogP contribution in [-0.4, -0.2) is 30.3 Å². The Kier molecular flexibility index (Phi) is 3.93. The van der Waals surface area contributed by atoms with Crippen LogP contribution in [0.5, 0.6) is 0 Å². The summed E-state index contributed by atoms with van der Waals surface area (Å²) < 4.78 is 4.23.